The smallest absolute Gasteiger partial charge is 0.0230 e. The van der Waals surface area contributed by atoms with Crippen LogP contribution in [0.1, 0.15) is 27.7 Å². The van der Waals surface area contributed by atoms with Gasteiger partial charge in [0, 0.05) is 18.0 Å². The Bertz CT molecular complexity index is 272. The van der Waals surface area contributed by atoms with Gasteiger partial charge in [-0.1, -0.05) is 45.9 Å². The van der Waals surface area contributed by atoms with Gasteiger partial charge in [0.2, 0.25) is 0 Å². The summed E-state index contributed by atoms with van der Waals surface area (Å²) in [5.41, 5.74) is 0. The molecule has 0 radical (unpaired) electrons. The van der Waals surface area contributed by atoms with Crippen molar-refractivity contribution >= 4 is 11.9 Å². The summed E-state index contributed by atoms with van der Waals surface area (Å²) < 4.78 is 2.48. The van der Waals surface area contributed by atoms with Crippen molar-refractivity contribution in [1.29, 1.82) is 0 Å². The first-order valence-electron chi connectivity index (χ1n) is 6.06. The number of nitrogens with zero attached hydrogens (tertiary/aromatic N) is 1. The monoisotopic (exact) mass is 237 g/mol. The van der Waals surface area contributed by atoms with Crippen LogP contribution in [-0.4, -0.2) is 17.4 Å². The maximum absolute atomic E-state index is 2.48. The minimum absolute atomic E-state index is 0.718. The van der Waals surface area contributed by atoms with Crippen LogP contribution in [0.5, 0.6) is 0 Å². The summed E-state index contributed by atoms with van der Waals surface area (Å²) in [4.78, 5) is 1.34. The molecule has 0 fully saturated rings. The van der Waals surface area contributed by atoms with Gasteiger partial charge >= 0.3 is 0 Å². The lowest BCUT2D eigenvalue weighted by molar-refractivity contribution is 0.364. The molecule has 2 heteroatoms. The van der Waals surface area contributed by atoms with Crippen LogP contribution in [0.4, 0.5) is 0 Å². The van der Waals surface area contributed by atoms with Crippen LogP contribution in [0.25, 0.3) is 0 Å². The quantitative estimate of drug-likeness (QED) is 0.678. The SMILES string of the molecule is CC(C)CN(CC(C)C)Sc1ccccc1. The fourth-order valence-electron chi connectivity index (χ4n) is 1.59. The summed E-state index contributed by atoms with van der Waals surface area (Å²) in [6, 6.07) is 10.6. The molecule has 0 spiro atoms. The molecule has 1 aromatic rings. The molecule has 0 atom stereocenters. The molecule has 0 aromatic heterocycles. The first-order valence-corrected chi connectivity index (χ1v) is 6.83. The first kappa shape index (κ1) is 13.6. The van der Waals surface area contributed by atoms with Crippen LogP contribution in [0.3, 0.4) is 0 Å². The van der Waals surface area contributed by atoms with Crippen molar-refractivity contribution in [3.8, 4) is 0 Å². The Morgan fingerprint density at radius 2 is 1.44 bits per heavy atom. The van der Waals surface area contributed by atoms with E-state index in [0.717, 1.165) is 24.9 Å². The molecule has 0 heterocycles. The number of rotatable bonds is 6. The van der Waals surface area contributed by atoms with E-state index in [1.807, 2.05) is 11.9 Å². The molecule has 1 rings (SSSR count). The molecule has 0 saturated carbocycles. The van der Waals surface area contributed by atoms with Crippen molar-refractivity contribution in [3.05, 3.63) is 30.3 Å². The molecular formula is C14H23NS. The molecule has 0 aliphatic rings. The second kappa shape index (κ2) is 6.97. The predicted octanol–water partition coefficient (Wildman–Crippen LogP) is 4.31. The Morgan fingerprint density at radius 3 is 1.88 bits per heavy atom. The van der Waals surface area contributed by atoms with E-state index in [2.05, 4.69) is 62.3 Å². The molecule has 0 unspecified atom stereocenters. The Morgan fingerprint density at radius 1 is 0.938 bits per heavy atom. The fourth-order valence-corrected chi connectivity index (χ4v) is 2.92. The molecular weight excluding hydrogens is 214 g/mol. The van der Waals surface area contributed by atoms with Gasteiger partial charge in [-0.2, -0.15) is 0 Å². The van der Waals surface area contributed by atoms with Crippen LogP contribution in [0.15, 0.2) is 35.2 Å². The van der Waals surface area contributed by atoms with Gasteiger partial charge in [0.15, 0.2) is 0 Å². The highest BCUT2D eigenvalue weighted by Gasteiger charge is 2.10. The zero-order chi connectivity index (χ0) is 12.0. The minimum atomic E-state index is 0.718. The van der Waals surface area contributed by atoms with Gasteiger partial charge in [-0.05, 0) is 35.9 Å². The molecule has 1 aromatic carbocycles. The van der Waals surface area contributed by atoms with Gasteiger partial charge in [0.05, 0.1) is 0 Å². The zero-order valence-corrected chi connectivity index (χ0v) is 11.6. The highest BCUT2D eigenvalue weighted by Crippen LogP contribution is 2.24. The summed E-state index contributed by atoms with van der Waals surface area (Å²) >= 11 is 1.88. The maximum Gasteiger partial charge on any atom is 0.0230 e. The average Bonchev–Trinajstić information content (AvgIpc) is 2.16. The third-order valence-corrected chi connectivity index (χ3v) is 3.15. The molecule has 0 amide bonds. The lowest BCUT2D eigenvalue weighted by Crippen LogP contribution is -2.25. The van der Waals surface area contributed by atoms with Gasteiger partial charge in [0.1, 0.15) is 0 Å². The van der Waals surface area contributed by atoms with Crippen molar-refractivity contribution < 1.29 is 0 Å². The number of benzene rings is 1. The first-order chi connectivity index (χ1) is 7.58. The summed E-state index contributed by atoms with van der Waals surface area (Å²) in [6.07, 6.45) is 0. The van der Waals surface area contributed by atoms with E-state index in [1.165, 1.54) is 4.90 Å². The Hall–Kier alpha value is -0.470. The van der Waals surface area contributed by atoms with Gasteiger partial charge in [-0.25, -0.2) is 4.31 Å². The minimum Gasteiger partial charge on any atom is -0.246 e. The van der Waals surface area contributed by atoms with Crippen LogP contribution < -0.4 is 0 Å². The molecule has 0 saturated heterocycles. The maximum atomic E-state index is 2.48. The summed E-state index contributed by atoms with van der Waals surface area (Å²) in [5.74, 6) is 1.44. The van der Waals surface area contributed by atoms with Gasteiger partial charge in [0.25, 0.3) is 0 Å². The van der Waals surface area contributed by atoms with Crippen molar-refractivity contribution in [1.82, 2.24) is 4.31 Å². The summed E-state index contributed by atoms with van der Waals surface area (Å²) in [5, 5.41) is 0. The summed E-state index contributed by atoms with van der Waals surface area (Å²) in [6.45, 7) is 11.4. The Balaban J connectivity index is 2.56. The van der Waals surface area contributed by atoms with E-state index in [-0.39, 0.29) is 0 Å². The van der Waals surface area contributed by atoms with Crippen molar-refractivity contribution in [2.24, 2.45) is 11.8 Å². The molecule has 0 bridgehead atoms. The normalized spacial score (nSPS) is 11.7. The van der Waals surface area contributed by atoms with E-state index >= 15 is 0 Å². The largest absolute Gasteiger partial charge is 0.246 e. The third kappa shape index (κ3) is 5.57. The van der Waals surface area contributed by atoms with Crippen molar-refractivity contribution in [2.75, 3.05) is 13.1 Å². The van der Waals surface area contributed by atoms with Gasteiger partial charge < -0.3 is 0 Å². The second-order valence-electron chi connectivity index (χ2n) is 5.04. The topological polar surface area (TPSA) is 3.24 Å². The van der Waals surface area contributed by atoms with E-state index in [9.17, 15) is 0 Å². The van der Waals surface area contributed by atoms with E-state index in [4.69, 9.17) is 0 Å². The Kier molecular flexibility index (Phi) is 5.93. The third-order valence-electron chi connectivity index (χ3n) is 2.12. The molecule has 90 valence electrons. The Labute approximate surface area is 104 Å². The van der Waals surface area contributed by atoms with E-state index in [0.29, 0.717) is 0 Å². The number of hydrogen-bond acceptors (Lipinski definition) is 2. The van der Waals surface area contributed by atoms with Crippen LogP contribution in [0.2, 0.25) is 0 Å². The van der Waals surface area contributed by atoms with Gasteiger partial charge in [-0.15, -0.1) is 0 Å². The van der Waals surface area contributed by atoms with E-state index in [1.54, 1.807) is 0 Å². The van der Waals surface area contributed by atoms with E-state index < -0.39 is 0 Å². The standard InChI is InChI=1S/C14H23NS/c1-12(2)10-15(11-13(3)4)16-14-8-6-5-7-9-14/h5-9,12-13H,10-11H2,1-4H3. The van der Waals surface area contributed by atoms with Crippen LogP contribution >= 0.6 is 11.9 Å². The van der Waals surface area contributed by atoms with Crippen LogP contribution in [-0.2, 0) is 0 Å². The lowest BCUT2D eigenvalue weighted by Gasteiger charge is -2.24. The van der Waals surface area contributed by atoms with Crippen molar-refractivity contribution in [2.45, 2.75) is 32.6 Å². The second-order valence-corrected chi connectivity index (χ2v) is 6.21. The molecule has 16 heavy (non-hydrogen) atoms. The van der Waals surface area contributed by atoms with Crippen molar-refractivity contribution in [3.63, 3.8) is 0 Å². The summed E-state index contributed by atoms with van der Waals surface area (Å²) in [7, 11) is 0. The highest BCUT2D eigenvalue weighted by molar-refractivity contribution is 7.97. The molecule has 0 aliphatic heterocycles. The lowest BCUT2D eigenvalue weighted by atomic mass is 10.2. The number of hydrogen-bond donors (Lipinski definition) is 0. The molecule has 1 nitrogen and oxygen atoms in total. The molecule has 0 N–H and O–H groups in total. The molecule has 0 aliphatic carbocycles. The predicted molar refractivity (Wildman–Crippen MR) is 73.5 cm³/mol. The van der Waals surface area contributed by atoms with Gasteiger partial charge in [-0.3, -0.25) is 0 Å². The zero-order valence-electron chi connectivity index (χ0n) is 10.8. The average molecular weight is 237 g/mol. The highest BCUT2D eigenvalue weighted by atomic mass is 32.2. The van der Waals surface area contributed by atoms with Crippen LogP contribution in [0, 0.1) is 11.8 Å². The fraction of sp³-hybridized carbons (Fsp3) is 0.571.